The zero-order valence-corrected chi connectivity index (χ0v) is 14.3. The fraction of sp³-hybridized carbons (Fsp3) is 0.400. The summed E-state index contributed by atoms with van der Waals surface area (Å²) in [7, 11) is 0. The molecule has 0 aromatic heterocycles. The quantitative estimate of drug-likeness (QED) is 0.915. The Bertz CT molecular complexity index is 751. The van der Waals surface area contributed by atoms with Crippen LogP contribution in [0.15, 0.2) is 42.5 Å². The van der Waals surface area contributed by atoms with Gasteiger partial charge in [0.25, 0.3) is 0 Å². The highest BCUT2D eigenvalue weighted by Crippen LogP contribution is 2.31. The number of hydrogen-bond donors (Lipinski definition) is 1. The van der Waals surface area contributed by atoms with Crippen molar-refractivity contribution < 1.29 is 9.59 Å². The summed E-state index contributed by atoms with van der Waals surface area (Å²) in [5.41, 5.74) is 0.898. The number of carbonyl (C=O) groups excluding carboxylic acids is 2. The van der Waals surface area contributed by atoms with Crippen LogP contribution in [0.25, 0.3) is 10.8 Å². The molecule has 1 aliphatic heterocycles. The molecular formula is C20H24N2O2. The van der Waals surface area contributed by atoms with Crippen molar-refractivity contribution in [3.05, 3.63) is 42.5 Å². The third-order valence-electron chi connectivity index (χ3n) is 4.66. The maximum atomic E-state index is 12.5. The highest BCUT2D eigenvalue weighted by molar-refractivity contribution is 6.06. The molecule has 1 heterocycles. The van der Waals surface area contributed by atoms with Crippen molar-refractivity contribution in [1.82, 2.24) is 5.32 Å². The highest BCUT2D eigenvalue weighted by atomic mass is 16.2. The first-order valence-electron chi connectivity index (χ1n) is 8.68. The molecule has 4 nitrogen and oxygen atoms in total. The molecule has 1 aliphatic rings. The molecule has 126 valence electrons. The molecule has 0 bridgehead atoms. The zero-order chi connectivity index (χ0) is 17.1. The number of fused-ring (bicyclic) bond motifs is 1. The summed E-state index contributed by atoms with van der Waals surface area (Å²) in [4.78, 5) is 26.7. The number of carbonyl (C=O) groups is 2. The first kappa shape index (κ1) is 16.5. The minimum Gasteiger partial charge on any atom is -0.353 e. The predicted molar refractivity (Wildman–Crippen MR) is 96.9 cm³/mol. The van der Waals surface area contributed by atoms with Crippen molar-refractivity contribution in [2.24, 2.45) is 5.92 Å². The predicted octanol–water partition coefficient (Wildman–Crippen LogP) is 3.50. The van der Waals surface area contributed by atoms with Crippen LogP contribution >= 0.6 is 0 Å². The maximum absolute atomic E-state index is 12.5. The molecule has 4 heteroatoms. The van der Waals surface area contributed by atoms with Crippen LogP contribution in [0.5, 0.6) is 0 Å². The molecule has 0 saturated carbocycles. The van der Waals surface area contributed by atoms with Gasteiger partial charge < -0.3 is 10.2 Å². The van der Waals surface area contributed by atoms with Gasteiger partial charge in [0.2, 0.25) is 11.8 Å². The van der Waals surface area contributed by atoms with Crippen molar-refractivity contribution in [2.45, 2.75) is 39.2 Å². The molecule has 2 aromatic rings. The van der Waals surface area contributed by atoms with Gasteiger partial charge in [-0.1, -0.05) is 49.7 Å². The smallest absolute Gasteiger partial charge is 0.227 e. The Balaban J connectivity index is 1.78. The highest BCUT2D eigenvalue weighted by Gasteiger charge is 2.35. The molecule has 0 spiro atoms. The topological polar surface area (TPSA) is 49.4 Å². The van der Waals surface area contributed by atoms with Crippen molar-refractivity contribution in [2.75, 3.05) is 11.4 Å². The molecule has 2 aromatic carbocycles. The second kappa shape index (κ2) is 7.04. The Morgan fingerprint density at radius 3 is 2.79 bits per heavy atom. The Labute approximate surface area is 142 Å². The number of benzene rings is 2. The molecule has 2 amide bonds. The fourth-order valence-electron chi connectivity index (χ4n) is 3.43. The van der Waals surface area contributed by atoms with Gasteiger partial charge in [-0.15, -0.1) is 0 Å². The molecule has 24 heavy (non-hydrogen) atoms. The SMILES string of the molecule is CCCC(C)NC(=O)C1CC(=O)N(c2cccc3ccccc23)C1. The van der Waals surface area contributed by atoms with E-state index in [2.05, 4.69) is 12.2 Å². The molecule has 2 unspecified atom stereocenters. The van der Waals surface area contributed by atoms with Gasteiger partial charge in [-0.05, 0) is 24.8 Å². The van der Waals surface area contributed by atoms with Gasteiger partial charge in [0.1, 0.15) is 0 Å². The normalized spacial score (nSPS) is 18.8. The van der Waals surface area contributed by atoms with Crippen molar-refractivity contribution in [3.8, 4) is 0 Å². The Morgan fingerprint density at radius 2 is 2.00 bits per heavy atom. The van der Waals surface area contributed by atoms with E-state index < -0.39 is 0 Å². The van der Waals surface area contributed by atoms with E-state index >= 15 is 0 Å². The first-order valence-corrected chi connectivity index (χ1v) is 8.68. The average Bonchev–Trinajstić information content (AvgIpc) is 2.96. The maximum Gasteiger partial charge on any atom is 0.227 e. The van der Waals surface area contributed by atoms with Gasteiger partial charge in [0.15, 0.2) is 0 Å². The van der Waals surface area contributed by atoms with Crippen molar-refractivity contribution in [1.29, 1.82) is 0 Å². The van der Waals surface area contributed by atoms with E-state index in [-0.39, 0.29) is 30.2 Å². The van der Waals surface area contributed by atoms with Gasteiger partial charge in [-0.25, -0.2) is 0 Å². The fourth-order valence-corrected chi connectivity index (χ4v) is 3.43. The van der Waals surface area contributed by atoms with E-state index in [1.807, 2.05) is 49.4 Å². The number of hydrogen-bond acceptors (Lipinski definition) is 2. The summed E-state index contributed by atoms with van der Waals surface area (Å²) in [6.07, 6.45) is 2.28. The number of amides is 2. The Morgan fingerprint density at radius 1 is 1.25 bits per heavy atom. The van der Waals surface area contributed by atoms with E-state index in [9.17, 15) is 9.59 Å². The van der Waals surface area contributed by atoms with Gasteiger partial charge in [0.05, 0.1) is 11.6 Å². The van der Waals surface area contributed by atoms with Crippen LogP contribution in [0.1, 0.15) is 33.1 Å². The molecule has 0 aliphatic carbocycles. The molecule has 3 rings (SSSR count). The third-order valence-corrected chi connectivity index (χ3v) is 4.66. The molecule has 1 saturated heterocycles. The van der Waals surface area contributed by atoms with Crippen LogP contribution in [-0.2, 0) is 9.59 Å². The Hall–Kier alpha value is -2.36. The van der Waals surface area contributed by atoms with Crippen LogP contribution in [0.2, 0.25) is 0 Å². The van der Waals surface area contributed by atoms with Crippen LogP contribution in [0, 0.1) is 5.92 Å². The minimum atomic E-state index is -0.268. The van der Waals surface area contributed by atoms with E-state index in [4.69, 9.17) is 0 Å². The lowest BCUT2D eigenvalue weighted by Crippen LogP contribution is -2.38. The van der Waals surface area contributed by atoms with E-state index in [0.29, 0.717) is 6.54 Å². The van der Waals surface area contributed by atoms with Crippen LogP contribution in [-0.4, -0.2) is 24.4 Å². The van der Waals surface area contributed by atoms with E-state index in [0.717, 1.165) is 29.3 Å². The molecule has 2 atom stereocenters. The van der Waals surface area contributed by atoms with Crippen LogP contribution in [0.3, 0.4) is 0 Å². The van der Waals surface area contributed by atoms with E-state index in [1.165, 1.54) is 0 Å². The van der Waals surface area contributed by atoms with Gasteiger partial charge in [-0.3, -0.25) is 9.59 Å². The number of rotatable bonds is 5. The largest absolute Gasteiger partial charge is 0.353 e. The van der Waals surface area contributed by atoms with Gasteiger partial charge in [-0.2, -0.15) is 0 Å². The molecule has 1 fully saturated rings. The minimum absolute atomic E-state index is 0.00737. The number of anilines is 1. The lowest BCUT2D eigenvalue weighted by atomic mass is 10.1. The molecular weight excluding hydrogens is 300 g/mol. The number of nitrogens with one attached hydrogen (secondary N) is 1. The zero-order valence-electron chi connectivity index (χ0n) is 14.3. The van der Waals surface area contributed by atoms with E-state index in [1.54, 1.807) is 4.90 Å². The Kier molecular flexibility index (Phi) is 4.84. The first-order chi connectivity index (χ1) is 11.6. The monoisotopic (exact) mass is 324 g/mol. The summed E-state index contributed by atoms with van der Waals surface area (Å²) in [5, 5.41) is 5.19. The van der Waals surface area contributed by atoms with Gasteiger partial charge >= 0.3 is 0 Å². The lowest BCUT2D eigenvalue weighted by Gasteiger charge is -2.20. The average molecular weight is 324 g/mol. The van der Waals surface area contributed by atoms with Crippen molar-refractivity contribution >= 4 is 28.3 Å². The second-order valence-electron chi connectivity index (χ2n) is 6.60. The van der Waals surface area contributed by atoms with Gasteiger partial charge in [0, 0.05) is 24.4 Å². The standard InChI is InChI=1S/C20H24N2O2/c1-3-7-14(2)21-20(24)16-12-19(23)22(13-16)18-11-6-9-15-8-4-5-10-17(15)18/h4-6,8-11,14,16H,3,7,12-13H2,1-2H3,(H,21,24). The summed E-state index contributed by atoms with van der Waals surface area (Å²) < 4.78 is 0. The van der Waals surface area contributed by atoms with Crippen LogP contribution in [0.4, 0.5) is 5.69 Å². The second-order valence-corrected chi connectivity index (χ2v) is 6.60. The summed E-state index contributed by atoms with van der Waals surface area (Å²) in [6.45, 7) is 4.57. The number of nitrogens with zero attached hydrogens (tertiary/aromatic N) is 1. The van der Waals surface area contributed by atoms with Crippen LogP contribution < -0.4 is 10.2 Å². The third kappa shape index (κ3) is 3.28. The summed E-state index contributed by atoms with van der Waals surface area (Å²) in [6, 6.07) is 14.1. The summed E-state index contributed by atoms with van der Waals surface area (Å²) >= 11 is 0. The molecule has 0 radical (unpaired) electrons. The molecule has 1 N–H and O–H groups in total. The lowest BCUT2D eigenvalue weighted by molar-refractivity contribution is -0.126. The van der Waals surface area contributed by atoms with Crippen molar-refractivity contribution in [3.63, 3.8) is 0 Å². The summed E-state index contributed by atoms with van der Waals surface area (Å²) in [5.74, 6) is -0.252.